The second-order valence-corrected chi connectivity index (χ2v) is 9.07. The van der Waals surface area contributed by atoms with Crippen molar-refractivity contribution in [1.82, 2.24) is 5.01 Å². The van der Waals surface area contributed by atoms with Gasteiger partial charge in [-0.05, 0) is 37.1 Å². The molecule has 2 aromatic carbocycles. The number of hydrogen-bond acceptors (Lipinski definition) is 3. The van der Waals surface area contributed by atoms with E-state index in [4.69, 9.17) is 5.10 Å². The van der Waals surface area contributed by atoms with Gasteiger partial charge in [-0.2, -0.15) is 5.10 Å². The molecule has 3 rings (SSSR count). The molecule has 1 N–H and O–H groups in total. The van der Waals surface area contributed by atoms with Crippen molar-refractivity contribution in [3.63, 3.8) is 0 Å². The summed E-state index contributed by atoms with van der Waals surface area (Å²) in [5.74, 6) is 0.392. The van der Waals surface area contributed by atoms with Crippen molar-refractivity contribution in [2.75, 3.05) is 13.1 Å². The minimum atomic E-state index is -0.0829. The molecule has 0 aliphatic carbocycles. The molecule has 1 aliphatic heterocycles. The first-order valence-electron chi connectivity index (χ1n) is 9.57. The Hall–Kier alpha value is -1.86. The molecule has 1 heterocycles. The van der Waals surface area contributed by atoms with Crippen LogP contribution >= 0.6 is 8.58 Å². The van der Waals surface area contributed by atoms with Crippen molar-refractivity contribution in [3.8, 4) is 5.75 Å². The van der Waals surface area contributed by atoms with Crippen LogP contribution in [-0.4, -0.2) is 29.4 Å². The number of piperidine rings is 1. The van der Waals surface area contributed by atoms with Gasteiger partial charge >= 0.3 is 0 Å². The van der Waals surface area contributed by atoms with Crippen molar-refractivity contribution in [2.24, 2.45) is 5.10 Å². The number of aromatic hydroxyl groups is 1. The molecule has 1 saturated heterocycles. The van der Waals surface area contributed by atoms with Crippen molar-refractivity contribution < 1.29 is 5.11 Å². The molecule has 2 unspecified atom stereocenters. The molecule has 26 heavy (non-hydrogen) atoms. The highest BCUT2D eigenvalue weighted by molar-refractivity contribution is 7.48. The Morgan fingerprint density at radius 3 is 2.50 bits per heavy atom. The Kier molecular flexibility index (Phi) is 6.32. The van der Waals surface area contributed by atoms with Crippen molar-refractivity contribution >= 4 is 20.1 Å². The normalized spacial score (nSPS) is 17.8. The van der Waals surface area contributed by atoms with Gasteiger partial charge in [-0.1, -0.05) is 64.9 Å². The number of rotatable bonds is 6. The van der Waals surface area contributed by atoms with Crippen LogP contribution in [0.1, 0.15) is 50.7 Å². The third kappa shape index (κ3) is 4.45. The summed E-state index contributed by atoms with van der Waals surface area (Å²) >= 11 is 0. The first-order valence-corrected chi connectivity index (χ1v) is 10.6. The lowest BCUT2D eigenvalue weighted by atomic mass is 9.96. The zero-order chi connectivity index (χ0) is 18.4. The number of phenols is 1. The summed E-state index contributed by atoms with van der Waals surface area (Å²) in [5, 5.41) is 18.5. The van der Waals surface area contributed by atoms with E-state index in [0.717, 1.165) is 25.1 Å². The maximum atomic E-state index is 10.4. The summed E-state index contributed by atoms with van der Waals surface area (Å²) in [6.45, 7) is 6.57. The van der Waals surface area contributed by atoms with Gasteiger partial charge < -0.3 is 5.11 Å². The van der Waals surface area contributed by atoms with Crippen LogP contribution in [-0.2, 0) is 5.16 Å². The van der Waals surface area contributed by atoms with E-state index in [2.05, 4.69) is 49.2 Å². The molecule has 0 aromatic heterocycles. The van der Waals surface area contributed by atoms with Gasteiger partial charge in [-0.3, -0.25) is 5.01 Å². The third-order valence-corrected chi connectivity index (χ3v) is 7.17. The highest BCUT2D eigenvalue weighted by atomic mass is 31.1. The van der Waals surface area contributed by atoms with Crippen molar-refractivity contribution in [1.29, 1.82) is 0 Å². The van der Waals surface area contributed by atoms with Crippen LogP contribution < -0.4 is 5.30 Å². The number of para-hydroxylation sites is 1. The lowest BCUT2D eigenvalue weighted by Crippen LogP contribution is -2.25. The van der Waals surface area contributed by atoms with Crippen molar-refractivity contribution in [3.05, 3.63) is 59.7 Å². The highest BCUT2D eigenvalue weighted by Crippen LogP contribution is 2.47. The largest absolute Gasteiger partial charge is 0.508 e. The van der Waals surface area contributed by atoms with E-state index >= 15 is 0 Å². The Labute approximate surface area is 158 Å². The Morgan fingerprint density at radius 1 is 1.08 bits per heavy atom. The number of phenolic OH excluding ortho intramolecular Hbond substituents is 1. The van der Waals surface area contributed by atoms with Crippen molar-refractivity contribution in [2.45, 2.75) is 44.7 Å². The second kappa shape index (κ2) is 8.68. The minimum Gasteiger partial charge on any atom is -0.508 e. The molecule has 0 bridgehead atoms. The molecule has 2 aromatic rings. The van der Waals surface area contributed by atoms with Gasteiger partial charge in [0.15, 0.2) is 0 Å². The SMILES string of the molecule is CCC(C)(Pc1ccccc1/C=N/N1CCCCC1)c1ccccc1O. The first kappa shape index (κ1) is 18.9. The van der Waals surface area contributed by atoms with Crippen LogP contribution in [0.4, 0.5) is 0 Å². The molecule has 0 radical (unpaired) electrons. The Bertz CT molecular complexity index is 755. The van der Waals surface area contributed by atoms with E-state index in [0.29, 0.717) is 14.3 Å². The molecule has 0 amide bonds. The monoisotopic (exact) mass is 368 g/mol. The molecule has 0 spiro atoms. The Balaban J connectivity index is 1.85. The summed E-state index contributed by atoms with van der Waals surface area (Å²) in [4.78, 5) is 0. The van der Waals surface area contributed by atoms with Gasteiger partial charge in [0.25, 0.3) is 0 Å². The summed E-state index contributed by atoms with van der Waals surface area (Å²) in [6, 6.07) is 16.3. The zero-order valence-corrected chi connectivity index (χ0v) is 16.8. The fourth-order valence-electron chi connectivity index (χ4n) is 3.44. The van der Waals surface area contributed by atoms with Gasteiger partial charge in [0.2, 0.25) is 0 Å². The van der Waals surface area contributed by atoms with E-state index in [-0.39, 0.29) is 5.16 Å². The van der Waals surface area contributed by atoms with Gasteiger partial charge in [0, 0.05) is 29.4 Å². The van der Waals surface area contributed by atoms with E-state index in [1.54, 1.807) is 6.07 Å². The van der Waals surface area contributed by atoms with E-state index in [1.807, 2.05) is 18.3 Å². The zero-order valence-electron chi connectivity index (χ0n) is 15.8. The molecular formula is C22H29N2OP. The number of nitrogens with zero attached hydrogens (tertiary/aromatic N) is 2. The van der Waals surface area contributed by atoms with E-state index in [9.17, 15) is 5.11 Å². The first-order chi connectivity index (χ1) is 12.6. The molecule has 0 saturated carbocycles. The van der Waals surface area contributed by atoms with E-state index in [1.165, 1.54) is 30.1 Å². The molecule has 2 atom stereocenters. The summed E-state index contributed by atoms with van der Waals surface area (Å²) in [6.07, 6.45) is 6.79. The molecule has 1 fully saturated rings. The topological polar surface area (TPSA) is 35.8 Å². The standard InChI is InChI=1S/C22H29N2OP/c1-3-22(2,19-12-6-7-13-20(19)25)26-21-14-8-5-11-18(21)17-23-24-15-9-4-10-16-24/h5-8,11-14,17,25-26H,3-4,9-10,15-16H2,1-2H3/b23-17+. The second-order valence-electron chi connectivity index (χ2n) is 7.17. The van der Waals surface area contributed by atoms with Gasteiger partial charge in [-0.15, -0.1) is 0 Å². The molecule has 1 aliphatic rings. The van der Waals surface area contributed by atoms with Crippen LogP contribution in [0, 0.1) is 0 Å². The van der Waals surface area contributed by atoms with Gasteiger partial charge in [0.1, 0.15) is 5.75 Å². The van der Waals surface area contributed by atoms with Crippen LogP contribution in [0.5, 0.6) is 5.75 Å². The molecule has 4 heteroatoms. The fourth-order valence-corrected chi connectivity index (χ4v) is 5.03. The van der Waals surface area contributed by atoms with E-state index < -0.39 is 0 Å². The maximum absolute atomic E-state index is 10.4. The van der Waals surface area contributed by atoms with Crippen LogP contribution in [0.25, 0.3) is 0 Å². The van der Waals surface area contributed by atoms with Gasteiger partial charge in [0.05, 0.1) is 6.21 Å². The predicted molar refractivity (Wildman–Crippen MR) is 113 cm³/mol. The lowest BCUT2D eigenvalue weighted by Gasteiger charge is -2.30. The lowest BCUT2D eigenvalue weighted by molar-refractivity contribution is 0.240. The average Bonchev–Trinajstić information content (AvgIpc) is 2.68. The predicted octanol–water partition coefficient (Wildman–Crippen LogP) is 4.84. The maximum Gasteiger partial charge on any atom is 0.119 e. The quantitative estimate of drug-likeness (QED) is 0.585. The average molecular weight is 368 g/mol. The third-order valence-electron chi connectivity index (χ3n) is 5.27. The molecule has 138 valence electrons. The van der Waals surface area contributed by atoms with Crippen LogP contribution in [0.15, 0.2) is 53.6 Å². The van der Waals surface area contributed by atoms with Crippen LogP contribution in [0.2, 0.25) is 0 Å². The summed E-state index contributed by atoms with van der Waals surface area (Å²) in [7, 11) is 0.570. The Morgan fingerprint density at radius 2 is 1.77 bits per heavy atom. The minimum absolute atomic E-state index is 0.0829. The van der Waals surface area contributed by atoms with Gasteiger partial charge in [-0.25, -0.2) is 0 Å². The molecule has 3 nitrogen and oxygen atoms in total. The molecular weight excluding hydrogens is 339 g/mol. The number of hydrazone groups is 1. The highest BCUT2D eigenvalue weighted by Gasteiger charge is 2.28. The summed E-state index contributed by atoms with van der Waals surface area (Å²) in [5.41, 5.74) is 2.22. The van der Waals surface area contributed by atoms with Crippen LogP contribution in [0.3, 0.4) is 0 Å². The fraction of sp³-hybridized carbons (Fsp3) is 0.409. The smallest absolute Gasteiger partial charge is 0.119 e. The summed E-state index contributed by atoms with van der Waals surface area (Å²) < 4.78 is 0. The number of benzene rings is 2. The number of hydrogen-bond donors (Lipinski definition) is 1.